The van der Waals surface area contributed by atoms with Crippen LogP contribution in [0.25, 0.3) is 11.0 Å². The summed E-state index contributed by atoms with van der Waals surface area (Å²) in [5.41, 5.74) is 2.04. The number of halogens is 1. The number of likely N-dealkylation sites (tertiary alicyclic amines) is 1. The minimum Gasteiger partial charge on any atom is -0.346 e. The molecular formula is C14H19ClN4. The van der Waals surface area contributed by atoms with Crippen molar-refractivity contribution in [3.63, 3.8) is 0 Å². The zero-order valence-electron chi connectivity index (χ0n) is 11.2. The first kappa shape index (κ1) is 12.9. The van der Waals surface area contributed by atoms with E-state index in [4.69, 9.17) is 11.6 Å². The average molecular weight is 279 g/mol. The molecule has 3 rings (SSSR count). The Morgan fingerprint density at radius 2 is 2.16 bits per heavy atom. The van der Waals surface area contributed by atoms with Crippen LogP contribution in [0.15, 0.2) is 12.5 Å². The lowest BCUT2D eigenvalue weighted by atomic mass is 9.94. The van der Waals surface area contributed by atoms with Crippen LogP contribution in [-0.4, -0.2) is 32.9 Å². The summed E-state index contributed by atoms with van der Waals surface area (Å²) in [4.78, 5) is 14.0. The highest BCUT2D eigenvalue weighted by atomic mass is 35.5. The van der Waals surface area contributed by atoms with Gasteiger partial charge in [0.05, 0.1) is 5.39 Å². The molecule has 1 N–H and O–H groups in total. The summed E-state index contributed by atoms with van der Waals surface area (Å²) in [6.45, 7) is 5.58. The Hall–Kier alpha value is -1.13. The molecule has 3 heterocycles. The number of aromatic amines is 1. The molecule has 1 saturated heterocycles. The Morgan fingerprint density at radius 3 is 2.89 bits per heavy atom. The van der Waals surface area contributed by atoms with Gasteiger partial charge in [0, 0.05) is 12.7 Å². The summed E-state index contributed by atoms with van der Waals surface area (Å²) < 4.78 is 0. The van der Waals surface area contributed by atoms with Gasteiger partial charge in [0.15, 0.2) is 0 Å². The van der Waals surface area contributed by atoms with Crippen molar-refractivity contribution in [3.05, 3.63) is 23.2 Å². The van der Waals surface area contributed by atoms with Crippen molar-refractivity contribution in [2.24, 2.45) is 5.92 Å². The number of fused-ring (bicyclic) bond motifs is 1. The number of nitrogens with one attached hydrogen (secondary N) is 1. The van der Waals surface area contributed by atoms with Crippen molar-refractivity contribution in [1.29, 1.82) is 0 Å². The topological polar surface area (TPSA) is 44.8 Å². The first-order valence-electron chi connectivity index (χ1n) is 6.96. The van der Waals surface area contributed by atoms with Crippen molar-refractivity contribution in [1.82, 2.24) is 19.9 Å². The highest BCUT2D eigenvalue weighted by molar-refractivity contribution is 6.34. The zero-order valence-corrected chi connectivity index (χ0v) is 12.0. The van der Waals surface area contributed by atoms with E-state index in [0.29, 0.717) is 5.15 Å². The first-order chi connectivity index (χ1) is 9.28. The number of rotatable bonds is 3. The molecule has 2 aromatic heterocycles. The van der Waals surface area contributed by atoms with E-state index < -0.39 is 0 Å². The van der Waals surface area contributed by atoms with E-state index in [-0.39, 0.29) is 0 Å². The van der Waals surface area contributed by atoms with Gasteiger partial charge in [-0.15, -0.1) is 0 Å². The lowest BCUT2D eigenvalue weighted by Crippen LogP contribution is -2.32. The van der Waals surface area contributed by atoms with Crippen molar-refractivity contribution in [2.45, 2.75) is 32.7 Å². The van der Waals surface area contributed by atoms with Gasteiger partial charge in [-0.2, -0.15) is 0 Å². The number of nitrogens with zero attached hydrogens (tertiary/aromatic N) is 3. The Bertz CT molecular complexity index is 558. The quantitative estimate of drug-likeness (QED) is 0.877. The molecule has 2 aromatic rings. The summed E-state index contributed by atoms with van der Waals surface area (Å²) in [5.74, 6) is 0.908. The fourth-order valence-corrected chi connectivity index (χ4v) is 3.16. The Morgan fingerprint density at radius 1 is 1.37 bits per heavy atom. The van der Waals surface area contributed by atoms with Crippen LogP contribution in [-0.2, 0) is 6.54 Å². The van der Waals surface area contributed by atoms with Crippen molar-refractivity contribution in [2.75, 3.05) is 13.1 Å². The number of aromatic nitrogens is 3. The highest BCUT2D eigenvalue weighted by Gasteiger charge is 2.19. The molecule has 1 fully saturated rings. The van der Waals surface area contributed by atoms with E-state index in [1.165, 1.54) is 44.2 Å². The lowest BCUT2D eigenvalue weighted by Gasteiger charge is -2.31. The van der Waals surface area contributed by atoms with Gasteiger partial charge in [-0.05, 0) is 37.4 Å². The zero-order chi connectivity index (χ0) is 13.2. The molecule has 0 aromatic carbocycles. The molecule has 0 atom stereocenters. The highest BCUT2D eigenvalue weighted by Crippen LogP contribution is 2.26. The first-order valence-corrected chi connectivity index (χ1v) is 7.34. The molecule has 0 radical (unpaired) electrons. The van der Waals surface area contributed by atoms with Crippen molar-refractivity contribution < 1.29 is 0 Å². The van der Waals surface area contributed by atoms with E-state index in [1.54, 1.807) is 0 Å². The van der Waals surface area contributed by atoms with Gasteiger partial charge in [0.2, 0.25) is 0 Å². The van der Waals surface area contributed by atoms with Gasteiger partial charge in [-0.3, -0.25) is 4.90 Å². The van der Waals surface area contributed by atoms with Crippen LogP contribution in [0.2, 0.25) is 5.15 Å². The van der Waals surface area contributed by atoms with Gasteiger partial charge in [0.1, 0.15) is 17.1 Å². The second-order valence-corrected chi connectivity index (χ2v) is 5.69. The van der Waals surface area contributed by atoms with Crippen molar-refractivity contribution in [3.8, 4) is 0 Å². The van der Waals surface area contributed by atoms with Crippen LogP contribution >= 0.6 is 11.6 Å². The number of H-pyrrole nitrogens is 1. The fourth-order valence-electron chi connectivity index (χ4n) is 2.90. The Kier molecular flexibility index (Phi) is 3.71. The van der Waals surface area contributed by atoms with Crippen LogP contribution < -0.4 is 0 Å². The second-order valence-electron chi connectivity index (χ2n) is 5.33. The summed E-state index contributed by atoms with van der Waals surface area (Å²) in [5, 5.41) is 1.52. The monoisotopic (exact) mass is 278 g/mol. The second kappa shape index (κ2) is 5.47. The normalized spacial score (nSPS) is 18.2. The van der Waals surface area contributed by atoms with Crippen LogP contribution in [0, 0.1) is 5.92 Å². The van der Waals surface area contributed by atoms with Crippen LogP contribution in [0.3, 0.4) is 0 Å². The number of hydrogen-bond acceptors (Lipinski definition) is 3. The minimum absolute atomic E-state index is 0.546. The molecule has 0 bridgehead atoms. The molecule has 1 aliphatic heterocycles. The largest absolute Gasteiger partial charge is 0.346 e. The molecule has 4 nitrogen and oxygen atoms in total. The maximum absolute atomic E-state index is 6.18. The van der Waals surface area contributed by atoms with Gasteiger partial charge in [-0.1, -0.05) is 24.9 Å². The van der Waals surface area contributed by atoms with Gasteiger partial charge >= 0.3 is 0 Å². The molecular weight excluding hydrogens is 260 g/mol. The van der Waals surface area contributed by atoms with Crippen LogP contribution in [0.5, 0.6) is 0 Å². The van der Waals surface area contributed by atoms with Crippen LogP contribution in [0.1, 0.15) is 31.7 Å². The maximum Gasteiger partial charge on any atom is 0.142 e. The molecule has 0 unspecified atom stereocenters. The van der Waals surface area contributed by atoms with Gasteiger partial charge in [-0.25, -0.2) is 9.97 Å². The van der Waals surface area contributed by atoms with E-state index in [0.717, 1.165) is 23.5 Å². The molecule has 5 heteroatoms. The third kappa shape index (κ3) is 2.60. The summed E-state index contributed by atoms with van der Waals surface area (Å²) >= 11 is 6.18. The third-order valence-electron chi connectivity index (χ3n) is 4.18. The molecule has 0 amide bonds. The maximum atomic E-state index is 6.18. The van der Waals surface area contributed by atoms with Crippen LogP contribution in [0.4, 0.5) is 0 Å². The van der Waals surface area contributed by atoms with E-state index in [2.05, 4.69) is 26.8 Å². The van der Waals surface area contributed by atoms with E-state index in [9.17, 15) is 0 Å². The van der Waals surface area contributed by atoms with E-state index >= 15 is 0 Å². The lowest BCUT2D eigenvalue weighted by molar-refractivity contribution is 0.175. The third-order valence-corrected chi connectivity index (χ3v) is 4.47. The minimum atomic E-state index is 0.546. The summed E-state index contributed by atoms with van der Waals surface area (Å²) in [6.07, 6.45) is 7.43. The number of hydrogen-bond donors (Lipinski definition) is 1. The predicted octanol–water partition coefficient (Wildman–Crippen LogP) is 3.23. The smallest absolute Gasteiger partial charge is 0.142 e. The molecule has 0 aliphatic carbocycles. The average Bonchev–Trinajstić information content (AvgIpc) is 2.84. The number of piperidine rings is 1. The fraction of sp³-hybridized carbons (Fsp3) is 0.571. The summed E-state index contributed by atoms with van der Waals surface area (Å²) in [6, 6.07) is 0. The standard InChI is InChI=1S/C14H19ClN4/c1-2-10-3-5-19(6-4-10)8-11-7-16-14-12(11)13(15)17-9-18-14/h7,9-10H,2-6,8H2,1H3,(H,16,17,18). The Balaban J connectivity index is 1.75. The molecule has 0 saturated carbocycles. The van der Waals surface area contributed by atoms with Crippen molar-refractivity contribution >= 4 is 22.6 Å². The molecule has 1 aliphatic rings. The molecule has 102 valence electrons. The predicted molar refractivity (Wildman–Crippen MR) is 77.2 cm³/mol. The van der Waals surface area contributed by atoms with Gasteiger partial charge < -0.3 is 4.98 Å². The SMILES string of the molecule is CCC1CCN(Cc2c[nH]c3ncnc(Cl)c23)CC1. The molecule has 19 heavy (non-hydrogen) atoms. The summed E-state index contributed by atoms with van der Waals surface area (Å²) in [7, 11) is 0. The van der Waals surface area contributed by atoms with E-state index in [1.807, 2.05) is 6.20 Å². The molecule has 0 spiro atoms. The Labute approximate surface area is 118 Å². The van der Waals surface area contributed by atoms with Gasteiger partial charge in [0.25, 0.3) is 0 Å².